The highest BCUT2D eigenvalue weighted by molar-refractivity contribution is 6.07. The van der Waals surface area contributed by atoms with Crippen LogP contribution in [0.2, 0.25) is 0 Å². The molecule has 152 valence electrons. The summed E-state index contributed by atoms with van der Waals surface area (Å²) in [6.07, 6.45) is 3.92. The monoisotopic (exact) mass is 408 g/mol. The molecule has 0 aliphatic carbocycles. The van der Waals surface area contributed by atoms with Crippen LogP contribution in [-0.4, -0.2) is 20.5 Å². The second kappa shape index (κ2) is 7.61. The second-order valence-electron chi connectivity index (χ2n) is 7.50. The summed E-state index contributed by atoms with van der Waals surface area (Å²) >= 11 is 0. The van der Waals surface area contributed by atoms with Crippen LogP contribution in [0.4, 0.5) is 0 Å². The van der Waals surface area contributed by atoms with Crippen LogP contribution in [0.5, 0.6) is 5.75 Å². The summed E-state index contributed by atoms with van der Waals surface area (Å²) in [7, 11) is 0. The Morgan fingerprint density at radius 3 is 2.61 bits per heavy atom. The Hall–Kier alpha value is -4.12. The van der Waals surface area contributed by atoms with Crippen LogP contribution < -0.4 is 4.74 Å². The molecule has 0 aliphatic heterocycles. The maximum absolute atomic E-state index is 12.2. The number of aromatic carboxylic acids is 1. The summed E-state index contributed by atoms with van der Waals surface area (Å²) < 4.78 is 8.03. The lowest BCUT2D eigenvalue weighted by molar-refractivity contribution is 0.0698. The van der Waals surface area contributed by atoms with Crippen molar-refractivity contribution in [2.24, 2.45) is 0 Å². The number of pyridine rings is 2. The summed E-state index contributed by atoms with van der Waals surface area (Å²) in [5.74, 6) is -0.490. The van der Waals surface area contributed by atoms with E-state index >= 15 is 0 Å². The highest BCUT2D eigenvalue weighted by atomic mass is 16.5. The highest BCUT2D eigenvalue weighted by Gasteiger charge is 2.19. The van der Waals surface area contributed by atoms with Crippen molar-refractivity contribution in [3.63, 3.8) is 0 Å². The fourth-order valence-corrected chi connectivity index (χ4v) is 3.81. The molecule has 5 heteroatoms. The zero-order valence-corrected chi connectivity index (χ0v) is 16.9. The fourth-order valence-electron chi connectivity index (χ4n) is 3.81. The molecule has 0 bridgehead atoms. The molecule has 0 fully saturated rings. The normalized spacial score (nSPS) is 11.1. The zero-order chi connectivity index (χ0) is 21.4. The van der Waals surface area contributed by atoms with Crippen LogP contribution in [0.3, 0.4) is 0 Å². The van der Waals surface area contributed by atoms with Crippen molar-refractivity contribution in [3.05, 3.63) is 102 Å². The van der Waals surface area contributed by atoms with Crippen molar-refractivity contribution in [1.82, 2.24) is 9.38 Å². The third kappa shape index (κ3) is 3.51. The molecular formula is C26H20N2O3. The minimum Gasteiger partial charge on any atom is -0.488 e. The number of carboxylic acid groups (broad SMARTS) is 1. The van der Waals surface area contributed by atoms with Gasteiger partial charge in [-0.2, -0.15) is 0 Å². The molecule has 5 aromatic rings. The van der Waals surface area contributed by atoms with Crippen LogP contribution in [-0.2, 0) is 6.61 Å². The van der Waals surface area contributed by atoms with Crippen LogP contribution in [0, 0.1) is 6.92 Å². The van der Waals surface area contributed by atoms with E-state index in [2.05, 4.69) is 0 Å². The quantitative estimate of drug-likeness (QED) is 0.403. The molecule has 3 aromatic heterocycles. The van der Waals surface area contributed by atoms with Gasteiger partial charge in [-0.25, -0.2) is 9.78 Å². The van der Waals surface area contributed by atoms with Gasteiger partial charge >= 0.3 is 5.97 Å². The number of carboxylic acids is 1. The maximum atomic E-state index is 12.2. The van der Waals surface area contributed by atoms with Crippen molar-refractivity contribution < 1.29 is 14.6 Å². The van der Waals surface area contributed by atoms with E-state index in [4.69, 9.17) is 9.72 Å². The van der Waals surface area contributed by atoms with E-state index in [9.17, 15) is 9.90 Å². The SMILES string of the molecule is Cc1ccc(OCc2ccccc2)c2c(C(=O)O)cc(-c3cc4ccccn4c3)nc12. The first-order valence-corrected chi connectivity index (χ1v) is 10.0. The molecule has 3 heterocycles. The van der Waals surface area contributed by atoms with Gasteiger partial charge in [0.25, 0.3) is 0 Å². The molecule has 5 nitrogen and oxygen atoms in total. The number of carbonyl (C=O) groups is 1. The summed E-state index contributed by atoms with van der Waals surface area (Å²) in [6.45, 7) is 2.28. The molecule has 0 aliphatic rings. The third-order valence-corrected chi connectivity index (χ3v) is 5.39. The van der Waals surface area contributed by atoms with Crippen LogP contribution >= 0.6 is 0 Å². The van der Waals surface area contributed by atoms with Crippen molar-refractivity contribution in [3.8, 4) is 17.0 Å². The predicted molar refractivity (Wildman–Crippen MR) is 121 cm³/mol. The van der Waals surface area contributed by atoms with Gasteiger partial charge in [-0.3, -0.25) is 0 Å². The Balaban J connectivity index is 1.65. The van der Waals surface area contributed by atoms with E-state index in [0.717, 1.165) is 22.2 Å². The van der Waals surface area contributed by atoms with Gasteiger partial charge in [-0.05, 0) is 48.4 Å². The molecule has 2 aromatic carbocycles. The first-order valence-electron chi connectivity index (χ1n) is 10.0. The molecule has 0 saturated heterocycles. The molecule has 0 spiro atoms. The van der Waals surface area contributed by atoms with Crippen molar-refractivity contribution in [1.29, 1.82) is 0 Å². The number of rotatable bonds is 5. The second-order valence-corrected chi connectivity index (χ2v) is 7.50. The van der Waals surface area contributed by atoms with Crippen molar-refractivity contribution >= 4 is 22.4 Å². The minimum atomic E-state index is -1.01. The number of fused-ring (bicyclic) bond motifs is 2. The van der Waals surface area contributed by atoms with Crippen molar-refractivity contribution in [2.75, 3.05) is 0 Å². The number of ether oxygens (including phenoxy) is 1. The minimum absolute atomic E-state index is 0.182. The molecule has 0 saturated carbocycles. The number of benzene rings is 2. The van der Waals surface area contributed by atoms with Gasteiger partial charge < -0.3 is 14.2 Å². The van der Waals surface area contributed by atoms with Crippen LogP contribution in [0.1, 0.15) is 21.5 Å². The lowest BCUT2D eigenvalue weighted by atomic mass is 10.0. The molecule has 5 rings (SSSR count). The summed E-state index contributed by atoms with van der Waals surface area (Å²) in [6, 6.07) is 23.1. The van der Waals surface area contributed by atoms with E-state index in [1.165, 1.54) is 0 Å². The van der Waals surface area contributed by atoms with Crippen LogP contribution in [0.25, 0.3) is 27.7 Å². The Morgan fingerprint density at radius 1 is 1.03 bits per heavy atom. The van der Waals surface area contributed by atoms with Crippen molar-refractivity contribution in [2.45, 2.75) is 13.5 Å². The van der Waals surface area contributed by atoms with Gasteiger partial charge in [0, 0.05) is 23.5 Å². The lowest BCUT2D eigenvalue weighted by Crippen LogP contribution is -2.04. The number of hydrogen-bond donors (Lipinski definition) is 1. The fraction of sp³-hybridized carbons (Fsp3) is 0.0769. The first-order chi connectivity index (χ1) is 15.1. The predicted octanol–water partition coefficient (Wildman–Crippen LogP) is 5.74. The average Bonchev–Trinajstić information content (AvgIpc) is 3.23. The number of aromatic nitrogens is 2. The van der Waals surface area contributed by atoms with Gasteiger partial charge in [0.15, 0.2) is 0 Å². The molecule has 0 atom stereocenters. The zero-order valence-electron chi connectivity index (χ0n) is 16.9. The molecule has 0 radical (unpaired) electrons. The number of aryl methyl sites for hydroxylation is 1. The summed E-state index contributed by atoms with van der Waals surface area (Å²) in [4.78, 5) is 17.1. The Morgan fingerprint density at radius 2 is 1.84 bits per heavy atom. The van der Waals surface area contributed by atoms with E-state index < -0.39 is 5.97 Å². The highest BCUT2D eigenvalue weighted by Crippen LogP contribution is 2.34. The van der Waals surface area contributed by atoms with E-state index in [0.29, 0.717) is 29.0 Å². The Kier molecular flexibility index (Phi) is 4.64. The lowest BCUT2D eigenvalue weighted by Gasteiger charge is -2.14. The van der Waals surface area contributed by atoms with Gasteiger partial charge in [-0.1, -0.05) is 42.5 Å². The Labute approximate surface area is 179 Å². The summed E-state index contributed by atoms with van der Waals surface area (Å²) in [5.41, 5.74) is 5.24. The largest absolute Gasteiger partial charge is 0.488 e. The van der Waals surface area contributed by atoms with E-state index in [-0.39, 0.29) is 5.56 Å². The van der Waals surface area contributed by atoms with E-state index in [1.807, 2.05) is 90.4 Å². The van der Waals surface area contributed by atoms with Gasteiger partial charge in [0.1, 0.15) is 12.4 Å². The maximum Gasteiger partial charge on any atom is 0.336 e. The molecule has 0 unspecified atom stereocenters. The molecule has 0 amide bonds. The average molecular weight is 408 g/mol. The van der Waals surface area contributed by atoms with E-state index in [1.54, 1.807) is 6.07 Å². The topological polar surface area (TPSA) is 63.8 Å². The van der Waals surface area contributed by atoms with Gasteiger partial charge in [0.2, 0.25) is 0 Å². The van der Waals surface area contributed by atoms with Crippen LogP contribution in [0.15, 0.2) is 85.2 Å². The smallest absolute Gasteiger partial charge is 0.336 e. The van der Waals surface area contributed by atoms with Gasteiger partial charge in [0.05, 0.1) is 22.2 Å². The first kappa shape index (κ1) is 18.9. The molecule has 31 heavy (non-hydrogen) atoms. The van der Waals surface area contributed by atoms with Gasteiger partial charge in [-0.15, -0.1) is 0 Å². The number of hydrogen-bond acceptors (Lipinski definition) is 3. The Bertz CT molecular complexity index is 1390. The third-order valence-electron chi connectivity index (χ3n) is 5.39. The molecule has 1 N–H and O–H groups in total. The molecular weight excluding hydrogens is 388 g/mol. The number of nitrogens with zero attached hydrogens (tertiary/aromatic N) is 2. The summed E-state index contributed by atoms with van der Waals surface area (Å²) in [5, 5.41) is 10.5. The standard InChI is InChI=1S/C26H20N2O3/c1-17-10-11-23(31-16-18-7-3-2-4-8-18)24-21(26(29)30)14-22(27-25(17)24)19-13-20-9-5-6-12-28(20)15-19/h2-15H,16H2,1H3,(H,29,30).